The zero-order valence-corrected chi connectivity index (χ0v) is 12.5. The maximum absolute atomic E-state index is 6.20. The molecule has 0 saturated carbocycles. The zero-order valence-electron chi connectivity index (χ0n) is 10.2. The number of anilines is 2. The number of hydrogen-bond donors (Lipinski definition) is 2. The summed E-state index contributed by atoms with van der Waals surface area (Å²) in [6, 6.07) is 11.1. The summed E-state index contributed by atoms with van der Waals surface area (Å²) in [5.41, 5.74) is 9.09. The van der Waals surface area contributed by atoms with E-state index in [0.29, 0.717) is 15.0 Å². The highest BCUT2D eigenvalue weighted by Crippen LogP contribution is 2.29. The number of nitrogens with one attached hydrogen (secondary N) is 1. The molecule has 0 bridgehead atoms. The van der Waals surface area contributed by atoms with E-state index in [0.717, 1.165) is 22.5 Å². The third-order valence-corrected chi connectivity index (χ3v) is 3.51. The number of nitrogens with two attached hydrogens (primary N) is 1. The van der Waals surface area contributed by atoms with E-state index in [4.69, 9.17) is 41.2 Å². The summed E-state index contributed by atoms with van der Waals surface area (Å²) in [5.74, 6) is 0. The normalized spacial score (nSPS) is 10.3. The zero-order chi connectivity index (χ0) is 14.0. The number of rotatable bonds is 3. The molecule has 2 aromatic carbocycles. The summed E-state index contributed by atoms with van der Waals surface area (Å²) in [6.45, 7) is 2.00. The molecule has 98 valence electrons. The van der Waals surface area contributed by atoms with Crippen LogP contribution < -0.4 is 11.1 Å². The first-order valence-electron chi connectivity index (χ1n) is 5.60. The van der Waals surface area contributed by atoms with Crippen LogP contribution in [0, 0.1) is 6.92 Å². The second-order valence-corrected chi connectivity index (χ2v) is 5.43. The third kappa shape index (κ3) is 3.38. The van der Waals surface area contributed by atoms with Gasteiger partial charge in [-0.25, -0.2) is 0 Å². The van der Waals surface area contributed by atoms with E-state index in [2.05, 4.69) is 5.32 Å². The number of halogens is 2. The maximum Gasteiger partial charge on any atom is 0.104 e. The number of hydrogen-bond acceptors (Lipinski definition) is 2. The van der Waals surface area contributed by atoms with Gasteiger partial charge in [0.05, 0.1) is 10.7 Å². The molecule has 0 radical (unpaired) electrons. The Morgan fingerprint density at radius 3 is 2.47 bits per heavy atom. The van der Waals surface area contributed by atoms with Crippen LogP contribution in [-0.4, -0.2) is 4.99 Å². The Morgan fingerprint density at radius 1 is 1.11 bits per heavy atom. The monoisotopic (exact) mass is 310 g/mol. The first-order valence-corrected chi connectivity index (χ1v) is 6.76. The summed E-state index contributed by atoms with van der Waals surface area (Å²) in [6.07, 6.45) is 0. The summed E-state index contributed by atoms with van der Waals surface area (Å²) in [5, 5.41) is 4.48. The van der Waals surface area contributed by atoms with Gasteiger partial charge in [-0.1, -0.05) is 41.5 Å². The molecule has 0 aliphatic carbocycles. The lowest BCUT2D eigenvalue weighted by Gasteiger charge is -2.12. The van der Waals surface area contributed by atoms with Crippen molar-refractivity contribution >= 4 is 51.8 Å². The van der Waals surface area contributed by atoms with Gasteiger partial charge in [0.25, 0.3) is 0 Å². The average Bonchev–Trinajstić information content (AvgIpc) is 2.36. The first-order chi connectivity index (χ1) is 8.97. The van der Waals surface area contributed by atoms with Gasteiger partial charge in [0.1, 0.15) is 4.99 Å². The Labute approximate surface area is 127 Å². The van der Waals surface area contributed by atoms with Crippen LogP contribution in [0.4, 0.5) is 11.4 Å². The summed E-state index contributed by atoms with van der Waals surface area (Å²) in [7, 11) is 0. The van der Waals surface area contributed by atoms with Crippen molar-refractivity contribution in [2.45, 2.75) is 6.92 Å². The van der Waals surface area contributed by atoms with Crippen molar-refractivity contribution in [3.63, 3.8) is 0 Å². The minimum Gasteiger partial charge on any atom is -0.389 e. The number of benzene rings is 2. The molecule has 2 nitrogen and oxygen atoms in total. The predicted octanol–water partition coefficient (Wildman–Crippen LogP) is 4.68. The topological polar surface area (TPSA) is 38.0 Å². The molecule has 0 spiro atoms. The molecule has 0 fully saturated rings. The van der Waals surface area contributed by atoms with Crippen molar-refractivity contribution in [1.82, 2.24) is 0 Å². The molecule has 19 heavy (non-hydrogen) atoms. The van der Waals surface area contributed by atoms with Crippen LogP contribution in [0.15, 0.2) is 36.4 Å². The second kappa shape index (κ2) is 5.78. The maximum atomic E-state index is 6.20. The lowest BCUT2D eigenvalue weighted by molar-refractivity contribution is 1.43. The molecule has 0 saturated heterocycles. The van der Waals surface area contributed by atoms with E-state index < -0.39 is 0 Å². The molecule has 0 amide bonds. The van der Waals surface area contributed by atoms with Crippen LogP contribution in [0.25, 0.3) is 0 Å². The van der Waals surface area contributed by atoms with E-state index in [1.807, 2.05) is 37.3 Å². The average molecular weight is 311 g/mol. The fourth-order valence-corrected chi connectivity index (χ4v) is 2.17. The first kappa shape index (κ1) is 14.1. The predicted molar refractivity (Wildman–Crippen MR) is 86.8 cm³/mol. The van der Waals surface area contributed by atoms with Crippen molar-refractivity contribution in [2.75, 3.05) is 5.32 Å². The van der Waals surface area contributed by atoms with Crippen molar-refractivity contribution < 1.29 is 0 Å². The van der Waals surface area contributed by atoms with Gasteiger partial charge >= 0.3 is 0 Å². The quantitative estimate of drug-likeness (QED) is 0.808. The summed E-state index contributed by atoms with van der Waals surface area (Å²) in [4.78, 5) is 0.326. The molecule has 0 unspecified atom stereocenters. The van der Waals surface area contributed by atoms with Gasteiger partial charge < -0.3 is 11.1 Å². The fourth-order valence-electron chi connectivity index (χ4n) is 1.64. The largest absolute Gasteiger partial charge is 0.389 e. The molecule has 2 aromatic rings. The van der Waals surface area contributed by atoms with Gasteiger partial charge in [-0.05, 0) is 42.8 Å². The highest BCUT2D eigenvalue weighted by Gasteiger charge is 2.06. The lowest BCUT2D eigenvalue weighted by atomic mass is 10.1. The molecule has 0 heterocycles. The van der Waals surface area contributed by atoms with E-state index in [1.54, 1.807) is 6.07 Å². The van der Waals surface area contributed by atoms with Gasteiger partial charge in [0.2, 0.25) is 0 Å². The van der Waals surface area contributed by atoms with Crippen molar-refractivity contribution in [1.29, 1.82) is 0 Å². The van der Waals surface area contributed by atoms with E-state index >= 15 is 0 Å². The molecular formula is C14H12Cl2N2S. The van der Waals surface area contributed by atoms with Crippen LogP contribution in [0.3, 0.4) is 0 Å². The molecule has 0 atom stereocenters. The van der Waals surface area contributed by atoms with Gasteiger partial charge in [0.15, 0.2) is 0 Å². The molecule has 0 aliphatic rings. The van der Waals surface area contributed by atoms with Crippen molar-refractivity contribution in [3.8, 4) is 0 Å². The molecule has 5 heteroatoms. The molecule has 0 aromatic heterocycles. The highest BCUT2D eigenvalue weighted by molar-refractivity contribution is 7.80. The van der Waals surface area contributed by atoms with Crippen LogP contribution in [0.5, 0.6) is 0 Å². The Hall–Kier alpha value is -1.29. The van der Waals surface area contributed by atoms with Gasteiger partial charge in [-0.3, -0.25) is 0 Å². The van der Waals surface area contributed by atoms with Gasteiger partial charge in [-0.2, -0.15) is 0 Å². The molecule has 2 rings (SSSR count). The van der Waals surface area contributed by atoms with Crippen LogP contribution in [0.2, 0.25) is 10.0 Å². The second-order valence-electron chi connectivity index (χ2n) is 4.14. The molecule has 0 aliphatic heterocycles. The van der Waals surface area contributed by atoms with Gasteiger partial charge in [-0.15, -0.1) is 0 Å². The van der Waals surface area contributed by atoms with Crippen LogP contribution >= 0.6 is 35.4 Å². The fraction of sp³-hybridized carbons (Fsp3) is 0.0714. The van der Waals surface area contributed by atoms with E-state index in [9.17, 15) is 0 Å². The highest BCUT2D eigenvalue weighted by atomic mass is 35.5. The van der Waals surface area contributed by atoms with E-state index in [-0.39, 0.29) is 0 Å². The standard InChI is InChI=1S/C14H12Cl2N2S/c1-8-2-4-10(15)7-13(8)18-12-5-3-9(14(17)19)6-11(12)16/h2-7,18H,1H3,(H2,17,19). The summed E-state index contributed by atoms with van der Waals surface area (Å²) < 4.78 is 0. The van der Waals surface area contributed by atoms with Crippen molar-refractivity contribution in [3.05, 3.63) is 57.6 Å². The minimum absolute atomic E-state index is 0.326. The lowest BCUT2D eigenvalue weighted by Crippen LogP contribution is -2.09. The third-order valence-electron chi connectivity index (χ3n) is 2.72. The number of aryl methyl sites for hydroxylation is 1. The Balaban J connectivity index is 2.33. The Bertz CT molecular complexity index is 641. The van der Waals surface area contributed by atoms with Crippen LogP contribution in [-0.2, 0) is 0 Å². The SMILES string of the molecule is Cc1ccc(Cl)cc1Nc1ccc(C(N)=S)cc1Cl. The number of thiocarbonyl (C=S) groups is 1. The van der Waals surface area contributed by atoms with Gasteiger partial charge in [0, 0.05) is 16.3 Å². The Morgan fingerprint density at radius 2 is 1.84 bits per heavy atom. The van der Waals surface area contributed by atoms with Crippen molar-refractivity contribution in [2.24, 2.45) is 5.73 Å². The van der Waals surface area contributed by atoms with Crippen LogP contribution in [0.1, 0.15) is 11.1 Å². The molecule has 3 N–H and O–H groups in total. The minimum atomic E-state index is 0.326. The summed E-state index contributed by atoms with van der Waals surface area (Å²) >= 11 is 17.1. The smallest absolute Gasteiger partial charge is 0.104 e. The Kier molecular flexibility index (Phi) is 4.30. The molecular weight excluding hydrogens is 299 g/mol. The van der Waals surface area contributed by atoms with E-state index in [1.165, 1.54) is 0 Å².